The second-order valence-electron chi connectivity index (χ2n) is 9.89. The Labute approximate surface area is 217 Å². The number of nitrogens with zero attached hydrogens (tertiary/aromatic N) is 2. The number of hydrogen-bond acceptors (Lipinski definition) is 8. The molecule has 1 unspecified atom stereocenters. The summed E-state index contributed by atoms with van der Waals surface area (Å²) in [6.45, 7) is 2.44. The Morgan fingerprint density at radius 3 is 2.76 bits per heavy atom. The second-order valence-corrected chi connectivity index (χ2v) is 10.3. The molecule has 1 aromatic heterocycles. The summed E-state index contributed by atoms with van der Waals surface area (Å²) in [6.07, 6.45) is 3.07. The molecule has 2 aliphatic rings. The monoisotopic (exact) mass is 535 g/mol. The summed E-state index contributed by atoms with van der Waals surface area (Å²) in [4.78, 5) is 42.6. The first-order valence-corrected chi connectivity index (χ1v) is 12.2. The Morgan fingerprint density at radius 2 is 2.14 bits per heavy atom. The number of rotatable bonds is 8. The first kappa shape index (κ1) is 26.7. The zero-order valence-electron chi connectivity index (χ0n) is 20.7. The number of phenolic OH excluding ortho intramolecular Hbond substituents is 1. The summed E-state index contributed by atoms with van der Waals surface area (Å²) in [6, 6.07) is 1.55. The molecule has 4 atom stereocenters. The highest BCUT2D eigenvalue weighted by atomic mass is 35.5. The van der Waals surface area contributed by atoms with Gasteiger partial charge in [-0.1, -0.05) is 11.6 Å². The Bertz CT molecular complexity index is 1290. The quantitative estimate of drug-likeness (QED) is 0.279. The maximum absolute atomic E-state index is 13.4. The minimum absolute atomic E-state index is 0.0585. The van der Waals surface area contributed by atoms with Gasteiger partial charge in [-0.15, -0.1) is 0 Å². The van der Waals surface area contributed by atoms with Crippen molar-refractivity contribution in [2.75, 3.05) is 19.8 Å². The van der Waals surface area contributed by atoms with Crippen LogP contribution in [0.2, 0.25) is 5.02 Å². The predicted molar refractivity (Wildman–Crippen MR) is 135 cm³/mol. The van der Waals surface area contributed by atoms with E-state index in [1.165, 1.54) is 13.0 Å². The molecule has 13 heteroatoms. The van der Waals surface area contributed by atoms with Gasteiger partial charge < -0.3 is 40.6 Å². The van der Waals surface area contributed by atoms with E-state index in [4.69, 9.17) is 16.3 Å². The van der Waals surface area contributed by atoms with Crippen molar-refractivity contribution in [2.45, 2.75) is 49.9 Å². The highest BCUT2D eigenvalue weighted by molar-refractivity contribution is 6.31. The van der Waals surface area contributed by atoms with Crippen LogP contribution in [0.4, 0.5) is 0 Å². The van der Waals surface area contributed by atoms with Crippen molar-refractivity contribution in [3.8, 4) is 5.75 Å². The third-order valence-corrected chi connectivity index (χ3v) is 7.07. The van der Waals surface area contributed by atoms with Crippen molar-refractivity contribution < 1.29 is 34.4 Å². The van der Waals surface area contributed by atoms with Gasteiger partial charge in [0.05, 0.1) is 23.1 Å². The Balaban J connectivity index is 1.60. The molecule has 37 heavy (non-hydrogen) atoms. The fraction of sp³-hybridized carbons (Fsp3) is 0.500. The standard InChI is InChI=1S/C24H30ClN5O7/c1-23(10-31,22(35)36)28-19(33)18(14-5-4-6-26-14)27-21(34)24(2)11-37-20(29-24)13-9-30(3)15-7-12(25)8-16(32)17(13)15/h7-9,14,18,26,31-32H,4-6,10-11H2,1-3H3,(H,27,34)(H,28,33)(H,35,36)/t14-,18+,23?,24+/m1/s1. The molecular formula is C24H30ClN5O7. The number of amides is 2. The first-order valence-electron chi connectivity index (χ1n) is 11.8. The highest BCUT2D eigenvalue weighted by Gasteiger charge is 2.45. The molecule has 2 aliphatic heterocycles. The fourth-order valence-corrected chi connectivity index (χ4v) is 4.73. The van der Waals surface area contributed by atoms with E-state index in [0.717, 1.165) is 6.42 Å². The van der Waals surface area contributed by atoms with E-state index in [1.807, 2.05) is 0 Å². The van der Waals surface area contributed by atoms with Crippen molar-refractivity contribution in [2.24, 2.45) is 12.0 Å². The van der Waals surface area contributed by atoms with Crippen LogP contribution in [0.3, 0.4) is 0 Å². The number of fused-ring (bicyclic) bond motifs is 1. The van der Waals surface area contributed by atoms with E-state index in [-0.39, 0.29) is 18.3 Å². The molecule has 0 radical (unpaired) electrons. The van der Waals surface area contributed by atoms with Gasteiger partial charge in [0.1, 0.15) is 18.4 Å². The average molecular weight is 536 g/mol. The van der Waals surface area contributed by atoms with E-state index >= 15 is 0 Å². The third-order valence-electron chi connectivity index (χ3n) is 6.85. The van der Waals surface area contributed by atoms with Crippen molar-refractivity contribution >= 4 is 46.2 Å². The first-order chi connectivity index (χ1) is 17.4. The Hall–Kier alpha value is -3.35. The molecule has 6 N–H and O–H groups in total. The smallest absolute Gasteiger partial charge is 0.331 e. The summed E-state index contributed by atoms with van der Waals surface area (Å²) in [5.74, 6) is -2.64. The number of halogens is 1. The number of carbonyl (C=O) groups excluding carboxylic acids is 2. The van der Waals surface area contributed by atoms with Crippen LogP contribution in [0.25, 0.3) is 10.9 Å². The van der Waals surface area contributed by atoms with Gasteiger partial charge >= 0.3 is 5.97 Å². The van der Waals surface area contributed by atoms with E-state index in [1.54, 1.807) is 30.8 Å². The van der Waals surface area contributed by atoms with Crippen LogP contribution in [0, 0.1) is 0 Å². The van der Waals surface area contributed by atoms with Gasteiger partial charge in [0, 0.05) is 24.3 Å². The number of benzene rings is 1. The number of hydrogen-bond donors (Lipinski definition) is 6. The molecule has 0 spiro atoms. The summed E-state index contributed by atoms with van der Waals surface area (Å²) in [5.41, 5.74) is -2.18. The number of phenols is 1. The number of aromatic nitrogens is 1. The number of carbonyl (C=O) groups is 3. The number of carboxylic acids is 1. The molecular weight excluding hydrogens is 506 g/mol. The second kappa shape index (κ2) is 9.84. The zero-order valence-corrected chi connectivity index (χ0v) is 21.4. The van der Waals surface area contributed by atoms with Crippen molar-refractivity contribution in [3.63, 3.8) is 0 Å². The number of aryl methyl sites for hydroxylation is 1. The number of aliphatic imine (C=N–C) groups is 1. The number of aliphatic carboxylic acids is 1. The molecule has 1 saturated heterocycles. The van der Waals surface area contributed by atoms with E-state index < -0.39 is 47.6 Å². The number of aliphatic hydroxyl groups excluding tert-OH is 1. The third kappa shape index (κ3) is 4.96. The van der Waals surface area contributed by atoms with Crippen LogP contribution < -0.4 is 16.0 Å². The largest absolute Gasteiger partial charge is 0.507 e. The lowest BCUT2D eigenvalue weighted by Crippen LogP contribution is -2.64. The minimum Gasteiger partial charge on any atom is -0.507 e. The number of ether oxygens (including phenoxy) is 1. The number of nitrogens with one attached hydrogen (secondary N) is 3. The molecule has 1 aromatic carbocycles. The van der Waals surface area contributed by atoms with E-state index in [2.05, 4.69) is 20.9 Å². The number of aromatic hydroxyl groups is 1. The van der Waals surface area contributed by atoms with Crippen LogP contribution in [-0.2, 0) is 26.2 Å². The molecule has 0 bridgehead atoms. The maximum atomic E-state index is 13.4. The Kier molecular flexibility index (Phi) is 7.10. The van der Waals surface area contributed by atoms with Crippen LogP contribution in [0.1, 0.15) is 32.3 Å². The van der Waals surface area contributed by atoms with Crippen LogP contribution >= 0.6 is 11.6 Å². The summed E-state index contributed by atoms with van der Waals surface area (Å²) < 4.78 is 7.54. The van der Waals surface area contributed by atoms with Gasteiger partial charge in [-0.3, -0.25) is 9.59 Å². The minimum atomic E-state index is -1.91. The zero-order chi connectivity index (χ0) is 27.1. The van der Waals surface area contributed by atoms with Crippen molar-refractivity contribution in [1.82, 2.24) is 20.5 Å². The molecule has 0 aliphatic carbocycles. The summed E-state index contributed by atoms with van der Waals surface area (Å²) in [7, 11) is 1.78. The maximum Gasteiger partial charge on any atom is 0.331 e. The number of aliphatic hydroxyl groups is 1. The molecule has 2 aromatic rings. The van der Waals surface area contributed by atoms with Gasteiger partial charge in [0.2, 0.25) is 11.8 Å². The average Bonchev–Trinajstić information content (AvgIpc) is 3.57. The topological polar surface area (TPSA) is 175 Å². The van der Waals surface area contributed by atoms with E-state index in [9.17, 15) is 29.7 Å². The van der Waals surface area contributed by atoms with E-state index in [0.29, 0.717) is 34.5 Å². The fourth-order valence-electron chi connectivity index (χ4n) is 4.53. The lowest BCUT2D eigenvalue weighted by atomic mass is 9.98. The van der Waals surface area contributed by atoms with Gasteiger partial charge in [-0.25, -0.2) is 9.79 Å². The summed E-state index contributed by atoms with van der Waals surface area (Å²) in [5, 5.41) is 38.5. The predicted octanol–water partition coefficient (Wildman–Crippen LogP) is 0.261. The molecule has 3 heterocycles. The lowest BCUT2D eigenvalue weighted by Gasteiger charge is -2.31. The van der Waals surface area contributed by atoms with Gasteiger partial charge in [0.15, 0.2) is 11.1 Å². The molecule has 2 amide bonds. The Morgan fingerprint density at radius 1 is 1.41 bits per heavy atom. The summed E-state index contributed by atoms with van der Waals surface area (Å²) >= 11 is 6.07. The molecule has 4 rings (SSSR count). The highest BCUT2D eigenvalue weighted by Crippen LogP contribution is 2.35. The normalized spacial score (nSPS) is 23.7. The van der Waals surface area contributed by atoms with Gasteiger partial charge in [-0.2, -0.15) is 0 Å². The SMILES string of the molecule is Cn1cc(C2=N[C@](C)(C(=O)N[C@H](C(=O)NC(C)(CO)C(=O)O)[C@H]3CCCN3)CO2)c2c(O)cc(Cl)cc21. The number of carboxylic acid groups (broad SMARTS) is 1. The lowest BCUT2D eigenvalue weighted by molar-refractivity contribution is -0.149. The van der Waals surface area contributed by atoms with Gasteiger partial charge in [-0.05, 0) is 45.4 Å². The molecule has 1 fully saturated rings. The van der Waals surface area contributed by atoms with Crippen LogP contribution in [0.5, 0.6) is 5.75 Å². The van der Waals surface area contributed by atoms with Crippen molar-refractivity contribution in [1.29, 1.82) is 0 Å². The van der Waals surface area contributed by atoms with Gasteiger partial charge in [0.25, 0.3) is 5.91 Å². The van der Waals surface area contributed by atoms with Crippen molar-refractivity contribution in [3.05, 3.63) is 28.9 Å². The molecule has 0 saturated carbocycles. The van der Waals surface area contributed by atoms with Crippen LogP contribution in [-0.4, -0.2) is 86.5 Å². The molecule has 12 nitrogen and oxygen atoms in total. The van der Waals surface area contributed by atoms with Crippen LogP contribution in [0.15, 0.2) is 23.3 Å². The molecule has 200 valence electrons.